The first-order chi connectivity index (χ1) is 11.3. The van der Waals surface area contributed by atoms with Gasteiger partial charge < -0.3 is 8.98 Å². The minimum absolute atomic E-state index is 0.270. The van der Waals surface area contributed by atoms with Crippen LogP contribution in [-0.4, -0.2) is 38.2 Å². The Morgan fingerprint density at radius 2 is 2.08 bits per heavy atom. The molecule has 1 aliphatic rings. The van der Waals surface area contributed by atoms with Crippen molar-refractivity contribution in [2.45, 2.75) is 45.5 Å². The van der Waals surface area contributed by atoms with Crippen LogP contribution in [0, 0.1) is 5.92 Å². The Kier molecular flexibility index (Phi) is 4.62. The van der Waals surface area contributed by atoms with Crippen molar-refractivity contribution in [2.75, 3.05) is 13.6 Å². The number of hydrogen-bond donors (Lipinski definition) is 0. The lowest BCUT2D eigenvalue weighted by molar-refractivity contribution is -0.141. The number of aryl methyl sites for hydroxylation is 2. The van der Waals surface area contributed by atoms with E-state index in [0.29, 0.717) is 43.5 Å². The molecule has 0 fully saturated rings. The molecular formula is C15H20F3N5O. The van der Waals surface area contributed by atoms with Gasteiger partial charge in [-0.2, -0.15) is 13.2 Å². The summed E-state index contributed by atoms with van der Waals surface area (Å²) < 4.78 is 45.4. The SMILES string of the molecule is CCc1nnc(CN(C)C[C@H]2CCc3nc(C(F)(F)F)cn3C2)o1. The lowest BCUT2D eigenvalue weighted by atomic mass is 9.99. The summed E-state index contributed by atoms with van der Waals surface area (Å²) in [6, 6.07) is 0. The molecule has 0 amide bonds. The minimum Gasteiger partial charge on any atom is -0.424 e. The second kappa shape index (κ2) is 6.54. The number of imidazole rings is 1. The monoisotopic (exact) mass is 343 g/mol. The zero-order chi connectivity index (χ0) is 17.3. The molecule has 9 heteroatoms. The molecule has 0 bridgehead atoms. The molecule has 0 aromatic carbocycles. The second-order valence-electron chi connectivity index (χ2n) is 6.24. The number of rotatable bonds is 5. The molecule has 1 atom stereocenters. The van der Waals surface area contributed by atoms with Gasteiger partial charge in [-0.15, -0.1) is 10.2 Å². The van der Waals surface area contributed by atoms with Gasteiger partial charge in [0, 0.05) is 32.1 Å². The van der Waals surface area contributed by atoms with Gasteiger partial charge in [0.25, 0.3) is 0 Å². The van der Waals surface area contributed by atoms with E-state index in [9.17, 15) is 13.2 Å². The van der Waals surface area contributed by atoms with Gasteiger partial charge in [0.15, 0.2) is 5.69 Å². The van der Waals surface area contributed by atoms with Gasteiger partial charge in [-0.05, 0) is 19.4 Å². The van der Waals surface area contributed by atoms with Crippen LogP contribution < -0.4 is 0 Å². The molecule has 132 valence electrons. The summed E-state index contributed by atoms with van der Waals surface area (Å²) in [6.07, 6.45) is -1.18. The third kappa shape index (κ3) is 3.77. The van der Waals surface area contributed by atoms with Gasteiger partial charge in [-0.3, -0.25) is 4.90 Å². The molecule has 0 aliphatic carbocycles. The molecule has 0 N–H and O–H groups in total. The fourth-order valence-corrected chi connectivity index (χ4v) is 3.03. The summed E-state index contributed by atoms with van der Waals surface area (Å²) in [5, 5.41) is 7.92. The summed E-state index contributed by atoms with van der Waals surface area (Å²) in [4.78, 5) is 5.77. The number of nitrogens with zero attached hydrogens (tertiary/aromatic N) is 5. The second-order valence-corrected chi connectivity index (χ2v) is 6.24. The van der Waals surface area contributed by atoms with Crippen molar-refractivity contribution in [3.05, 3.63) is 29.5 Å². The van der Waals surface area contributed by atoms with E-state index in [1.165, 1.54) is 0 Å². The average molecular weight is 343 g/mol. The Morgan fingerprint density at radius 1 is 1.33 bits per heavy atom. The number of hydrogen-bond acceptors (Lipinski definition) is 5. The number of alkyl halides is 3. The molecular weight excluding hydrogens is 323 g/mol. The normalized spacial score (nSPS) is 18.2. The van der Waals surface area contributed by atoms with E-state index in [1.807, 2.05) is 14.0 Å². The van der Waals surface area contributed by atoms with E-state index in [4.69, 9.17) is 4.42 Å². The van der Waals surface area contributed by atoms with Gasteiger partial charge in [-0.1, -0.05) is 6.92 Å². The van der Waals surface area contributed by atoms with Gasteiger partial charge in [0.05, 0.1) is 6.54 Å². The summed E-state index contributed by atoms with van der Waals surface area (Å²) in [5.74, 6) is 1.96. The molecule has 6 nitrogen and oxygen atoms in total. The number of fused-ring (bicyclic) bond motifs is 1. The van der Waals surface area contributed by atoms with E-state index in [1.54, 1.807) is 4.57 Å². The molecule has 0 radical (unpaired) electrons. The lowest BCUT2D eigenvalue weighted by Gasteiger charge is -2.27. The average Bonchev–Trinajstić information content (AvgIpc) is 3.12. The van der Waals surface area contributed by atoms with Crippen molar-refractivity contribution in [3.63, 3.8) is 0 Å². The molecule has 24 heavy (non-hydrogen) atoms. The van der Waals surface area contributed by atoms with Crippen molar-refractivity contribution in [3.8, 4) is 0 Å². The smallest absolute Gasteiger partial charge is 0.424 e. The highest BCUT2D eigenvalue weighted by Crippen LogP contribution is 2.30. The Morgan fingerprint density at radius 3 is 2.75 bits per heavy atom. The van der Waals surface area contributed by atoms with Gasteiger partial charge in [0.1, 0.15) is 5.82 Å². The summed E-state index contributed by atoms with van der Waals surface area (Å²) >= 11 is 0. The zero-order valence-electron chi connectivity index (χ0n) is 13.7. The number of halogens is 3. The maximum absolute atomic E-state index is 12.7. The largest absolute Gasteiger partial charge is 0.434 e. The molecule has 3 rings (SSSR count). The fourth-order valence-electron chi connectivity index (χ4n) is 3.03. The van der Waals surface area contributed by atoms with E-state index in [2.05, 4.69) is 20.1 Å². The number of aromatic nitrogens is 4. The quantitative estimate of drug-likeness (QED) is 0.835. The van der Waals surface area contributed by atoms with Crippen LogP contribution >= 0.6 is 0 Å². The summed E-state index contributed by atoms with van der Waals surface area (Å²) in [5.41, 5.74) is -0.801. The van der Waals surface area contributed by atoms with Crippen molar-refractivity contribution >= 4 is 0 Å². The van der Waals surface area contributed by atoms with Crippen LogP contribution in [0.2, 0.25) is 0 Å². The van der Waals surface area contributed by atoms with E-state index in [-0.39, 0.29) is 5.92 Å². The molecule has 2 aromatic rings. The van der Waals surface area contributed by atoms with Crippen molar-refractivity contribution in [2.24, 2.45) is 5.92 Å². The van der Waals surface area contributed by atoms with Crippen LogP contribution in [-0.2, 0) is 32.1 Å². The first-order valence-electron chi connectivity index (χ1n) is 7.98. The standard InChI is InChI=1S/C15H20F3N5O/c1-3-13-20-21-14(24-13)9-22(2)6-10-4-5-12-19-11(15(16,17)18)8-23(12)7-10/h8,10H,3-7,9H2,1-2H3/t10-/m1/s1. The maximum Gasteiger partial charge on any atom is 0.434 e. The highest BCUT2D eigenvalue weighted by Gasteiger charge is 2.35. The van der Waals surface area contributed by atoms with Crippen LogP contribution in [0.1, 0.15) is 36.6 Å². The van der Waals surface area contributed by atoms with Gasteiger partial charge >= 0.3 is 6.18 Å². The Labute approximate surface area is 137 Å². The topological polar surface area (TPSA) is 60.0 Å². The molecule has 0 saturated carbocycles. The molecule has 0 saturated heterocycles. The lowest BCUT2D eigenvalue weighted by Crippen LogP contribution is -2.31. The minimum atomic E-state index is -4.38. The molecule has 1 aliphatic heterocycles. The summed E-state index contributed by atoms with van der Waals surface area (Å²) in [7, 11) is 1.94. The maximum atomic E-state index is 12.7. The van der Waals surface area contributed by atoms with Crippen molar-refractivity contribution in [1.29, 1.82) is 0 Å². The van der Waals surface area contributed by atoms with E-state index < -0.39 is 11.9 Å². The summed E-state index contributed by atoms with van der Waals surface area (Å²) in [6.45, 7) is 3.78. The highest BCUT2D eigenvalue weighted by molar-refractivity contribution is 5.09. The van der Waals surface area contributed by atoms with Crippen LogP contribution in [0.15, 0.2) is 10.6 Å². The predicted molar refractivity (Wildman–Crippen MR) is 79.1 cm³/mol. The Hall–Kier alpha value is -1.90. The zero-order valence-corrected chi connectivity index (χ0v) is 13.7. The van der Waals surface area contributed by atoms with Gasteiger partial charge in [-0.25, -0.2) is 4.98 Å². The molecule has 2 aromatic heterocycles. The fraction of sp³-hybridized carbons (Fsp3) is 0.667. The molecule has 0 spiro atoms. The van der Waals surface area contributed by atoms with Gasteiger partial charge in [0.2, 0.25) is 11.8 Å². The van der Waals surface area contributed by atoms with Crippen molar-refractivity contribution in [1.82, 2.24) is 24.6 Å². The third-order valence-corrected chi connectivity index (χ3v) is 4.17. The molecule has 0 unspecified atom stereocenters. The van der Waals surface area contributed by atoms with Crippen LogP contribution in [0.25, 0.3) is 0 Å². The third-order valence-electron chi connectivity index (χ3n) is 4.17. The Bertz CT molecular complexity index is 694. The van der Waals surface area contributed by atoms with Crippen LogP contribution in [0.3, 0.4) is 0 Å². The first kappa shape index (κ1) is 16.9. The predicted octanol–water partition coefficient (Wildman–Crippen LogP) is 2.54. The van der Waals surface area contributed by atoms with E-state index >= 15 is 0 Å². The Balaban J connectivity index is 1.58. The highest BCUT2D eigenvalue weighted by atomic mass is 19.4. The van der Waals surface area contributed by atoms with Crippen LogP contribution in [0.5, 0.6) is 0 Å². The molecule has 3 heterocycles. The first-order valence-corrected chi connectivity index (χ1v) is 7.98. The van der Waals surface area contributed by atoms with Crippen LogP contribution in [0.4, 0.5) is 13.2 Å². The van der Waals surface area contributed by atoms with Crippen molar-refractivity contribution < 1.29 is 17.6 Å². The van der Waals surface area contributed by atoms with E-state index in [0.717, 1.165) is 19.2 Å².